The summed E-state index contributed by atoms with van der Waals surface area (Å²) in [5, 5.41) is 12.4. The molecule has 0 bridgehead atoms. The third kappa shape index (κ3) is 2.30. The predicted molar refractivity (Wildman–Crippen MR) is 61.0 cm³/mol. The van der Waals surface area contributed by atoms with E-state index in [1.54, 1.807) is 0 Å². The van der Waals surface area contributed by atoms with E-state index in [1.165, 1.54) is 6.26 Å². The first-order valence-corrected chi connectivity index (χ1v) is 5.37. The quantitative estimate of drug-likeness (QED) is 0.940. The van der Waals surface area contributed by atoms with E-state index in [4.69, 9.17) is 9.63 Å². The van der Waals surface area contributed by atoms with Crippen LogP contribution >= 0.6 is 15.9 Å². The SMILES string of the molecule is O=C(O)Cc1nocc1-c1cccc(Br)c1. The first-order valence-electron chi connectivity index (χ1n) is 4.58. The molecule has 2 rings (SSSR count). The third-order valence-electron chi connectivity index (χ3n) is 2.10. The van der Waals surface area contributed by atoms with Crippen LogP contribution in [0.1, 0.15) is 5.69 Å². The standard InChI is InChI=1S/C11H8BrNO3/c12-8-3-1-2-7(4-8)9-6-16-13-10(9)5-11(14)15/h1-4,6H,5H2,(H,14,15). The molecule has 1 heterocycles. The van der Waals surface area contributed by atoms with Gasteiger partial charge in [-0.2, -0.15) is 0 Å². The molecular formula is C11H8BrNO3. The molecule has 1 aromatic heterocycles. The Bertz CT molecular complexity index is 521. The summed E-state index contributed by atoms with van der Waals surface area (Å²) < 4.78 is 5.74. The molecule has 0 aliphatic carbocycles. The lowest BCUT2D eigenvalue weighted by atomic mass is 10.1. The maximum absolute atomic E-state index is 10.6. The molecule has 0 radical (unpaired) electrons. The Labute approximate surface area is 100 Å². The first kappa shape index (κ1) is 10.9. The summed E-state index contributed by atoms with van der Waals surface area (Å²) in [4.78, 5) is 10.6. The zero-order chi connectivity index (χ0) is 11.5. The smallest absolute Gasteiger partial charge is 0.309 e. The van der Waals surface area contributed by atoms with Crippen LogP contribution in [0.2, 0.25) is 0 Å². The second-order valence-corrected chi connectivity index (χ2v) is 4.17. The molecule has 0 aliphatic rings. The number of carboxylic acids is 1. The highest BCUT2D eigenvalue weighted by atomic mass is 79.9. The zero-order valence-electron chi connectivity index (χ0n) is 8.18. The van der Waals surface area contributed by atoms with Crippen molar-refractivity contribution in [3.05, 3.63) is 40.7 Å². The van der Waals surface area contributed by atoms with Crippen molar-refractivity contribution in [1.29, 1.82) is 0 Å². The Morgan fingerprint density at radius 2 is 2.31 bits per heavy atom. The number of carboxylic acid groups (broad SMARTS) is 1. The molecule has 0 spiro atoms. The van der Waals surface area contributed by atoms with Crippen LogP contribution in [-0.4, -0.2) is 16.2 Å². The fourth-order valence-electron chi connectivity index (χ4n) is 1.42. The van der Waals surface area contributed by atoms with Crippen LogP contribution in [-0.2, 0) is 11.2 Å². The van der Waals surface area contributed by atoms with Gasteiger partial charge in [0.25, 0.3) is 0 Å². The monoisotopic (exact) mass is 281 g/mol. The van der Waals surface area contributed by atoms with Crippen LogP contribution in [0, 0.1) is 0 Å². The van der Waals surface area contributed by atoms with E-state index in [0.717, 1.165) is 10.0 Å². The van der Waals surface area contributed by atoms with Gasteiger partial charge in [-0.3, -0.25) is 4.79 Å². The molecule has 5 heteroatoms. The van der Waals surface area contributed by atoms with Gasteiger partial charge in [-0.1, -0.05) is 33.2 Å². The highest BCUT2D eigenvalue weighted by Gasteiger charge is 2.13. The van der Waals surface area contributed by atoms with Crippen molar-refractivity contribution < 1.29 is 14.4 Å². The summed E-state index contributed by atoms with van der Waals surface area (Å²) in [5.74, 6) is -0.926. The van der Waals surface area contributed by atoms with Gasteiger partial charge in [-0.15, -0.1) is 0 Å². The molecule has 0 unspecified atom stereocenters. The third-order valence-corrected chi connectivity index (χ3v) is 2.59. The van der Waals surface area contributed by atoms with Crippen molar-refractivity contribution >= 4 is 21.9 Å². The number of aromatic nitrogens is 1. The summed E-state index contributed by atoms with van der Waals surface area (Å²) in [6.07, 6.45) is 1.32. The lowest BCUT2D eigenvalue weighted by molar-refractivity contribution is -0.136. The summed E-state index contributed by atoms with van der Waals surface area (Å²) >= 11 is 3.36. The zero-order valence-corrected chi connectivity index (χ0v) is 9.77. The fraction of sp³-hybridized carbons (Fsp3) is 0.0909. The van der Waals surface area contributed by atoms with Crippen LogP contribution < -0.4 is 0 Å². The molecule has 0 saturated heterocycles. The number of aliphatic carboxylic acids is 1. The van der Waals surface area contributed by atoms with Gasteiger partial charge in [-0.05, 0) is 17.7 Å². The molecule has 0 fully saturated rings. The minimum Gasteiger partial charge on any atom is -0.481 e. The van der Waals surface area contributed by atoms with Gasteiger partial charge in [0, 0.05) is 10.0 Å². The van der Waals surface area contributed by atoms with Gasteiger partial charge in [0.05, 0.1) is 6.42 Å². The number of rotatable bonds is 3. The molecule has 0 amide bonds. The van der Waals surface area contributed by atoms with Crippen LogP contribution in [0.5, 0.6) is 0 Å². The normalized spacial score (nSPS) is 10.3. The van der Waals surface area contributed by atoms with E-state index in [-0.39, 0.29) is 6.42 Å². The van der Waals surface area contributed by atoms with Crippen molar-refractivity contribution in [2.75, 3.05) is 0 Å². The summed E-state index contributed by atoms with van der Waals surface area (Å²) in [5.41, 5.74) is 2.03. The minimum absolute atomic E-state index is 0.141. The van der Waals surface area contributed by atoms with Gasteiger partial charge < -0.3 is 9.63 Å². The van der Waals surface area contributed by atoms with E-state index < -0.39 is 5.97 Å². The molecule has 16 heavy (non-hydrogen) atoms. The topological polar surface area (TPSA) is 63.3 Å². The Morgan fingerprint density at radius 3 is 3.00 bits per heavy atom. The van der Waals surface area contributed by atoms with E-state index in [1.807, 2.05) is 24.3 Å². The number of benzene rings is 1. The predicted octanol–water partition coefficient (Wildman–Crippen LogP) is 2.73. The molecule has 4 nitrogen and oxygen atoms in total. The van der Waals surface area contributed by atoms with Gasteiger partial charge in [-0.25, -0.2) is 0 Å². The average Bonchev–Trinajstić information content (AvgIpc) is 2.65. The minimum atomic E-state index is -0.926. The number of carbonyl (C=O) groups is 1. The van der Waals surface area contributed by atoms with E-state index in [0.29, 0.717) is 11.3 Å². The van der Waals surface area contributed by atoms with E-state index >= 15 is 0 Å². The van der Waals surface area contributed by atoms with Crippen molar-refractivity contribution in [3.8, 4) is 11.1 Å². The number of hydrogen-bond acceptors (Lipinski definition) is 3. The van der Waals surface area contributed by atoms with Crippen LogP contribution in [0.15, 0.2) is 39.5 Å². The lowest BCUT2D eigenvalue weighted by Gasteiger charge is -1.99. The Hall–Kier alpha value is -1.62. The maximum atomic E-state index is 10.6. The van der Waals surface area contributed by atoms with Crippen LogP contribution in [0.4, 0.5) is 0 Å². The van der Waals surface area contributed by atoms with E-state index in [9.17, 15) is 4.79 Å². The molecule has 2 aromatic rings. The molecule has 1 aromatic carbocycles. The van der Waals surface area contributed by atoms with Crippen LogP contribution in [0.3, 0.4) is 0 Å². The Morgan fingerprint density at radius 1 is 1.50 bits per heavy atom. The number of nitrogens with zero attached hydrogens (tertiary/aromatic N) is 1. The molecule has 0 aliphatic heterocycles. The summed E-state index contributed by atoms with van der Waals surface area (Å²) in [6.45, 7) is 0. The second-order valence-electron chi connectivity index (χ2n) is 3.26. The van der Waals surface area contributed by atoms with Gasteiger partial charge >= 0.3 is 5.97 Å². The molecule has 82 valence electrons. The van der Waals surface area contributed by atoms with Gasteiger partial charge in [0.2, 0.25) is 0 Å². The van der Waals surface area contributed by atoms with Crippen molar-refractivity contribution in [1.82, 2.24) is 5.16 Å². The maximum Gasteiger partial charge on any atom is 0.309 e. The average molecular weight is 282 g/mol. The number of hydrogen-bond donors (Lipinski definition) is 1. The van der Waals surface area contributed by atoms with E-state index in [2.05, 4.69) is 21.1 Å². The van der Waals surface area contributed by atoms with Gasteiger partial charge in [0.15, 0.2) is 0 Å². The van der Waals surface area contributed by atoms with Crippen molar-refractivity contribution in [2.24, 2.45) is 0 Å². The van der Waals surface area contributed by atoms with Crippen molar-refractivity contribution in [2.45, 2.75) is 6.42 Å². The largest absolute Gasteiger partial charge is 0.481 e. The summed E-state index contributed by atoms with van der Waals surface area (Å²) in [6, 6.07) is 7.53. The Balaban J connectivity index is 2.40. The molecule has 0 saturated carbocycles. The molecule has 0 atom stereocenters. The fourth-order valence-corrected chi connectivity index (χ4v) is 1.82. The number of halogens is 1. The summed E-state index contributed by atoms with van der Waals surface area (Å²) in [7, 11) is 0. The molecule has 1 N–H and O–H groups in total. The van der Waals surface area contributed by atoms with Crippen molar-refractivity contribution in [3.63, 3.8) is 0 Å². The highest BCUT2D eigenvalue weighted by Crippen LogP contribution is 2.25. The second kappa shape index (κ2) is 4.49. The molecular weight excluding hydrogens is 274 g/mol. The lowest BCUT2D eigenvalue weighted by Crippen LogP contribution is -2.01. The Kier molecular flexibility index (Phi) is 3.05. The van der Waals surface area contributed by atoms with Crippen LogP contribution in [0.25, 0.3) is 11.1 Å². The van der Waals surface area contributed by atoms with Gasteiger partial charge in [0.1, 0.15) is 12.0 Å². The highest BCUT2D eigenvalue weighted by molar-refractivity contribution is 9.10. The first-order chi connectivity index (χ1) is 7.66.